The normalized spacial score (nSPS) is 23.5. The van der Waals surface area contributed by atoms with Crippen molar-refractivity contribution >= 4 is 11.6 Å². The number of hydrogen-bond acceptors (Lipinski definition) is 2. The van der Waals surface area contributed by atoms with Crippen LogP contribution in [0.4, 0.5) is 0 Å². The van der Waals surface area contributed by atoms with Gasteiger partial charge in [0.25, 0.3) is 0 Å². The lowest BCUT2D eigenvalue weighted by Gasteiger charge is -2.28. The Labute approximate surface area is 121 Å². The van der Waals surface area contributed by atoms with Crippen LogP contribution in [0, 0.1) is 11.8 Å². The zero-order valence-corrected chi connectivity index (χ0v) is 12.4. The number of benzene rings is 1. The van der Waals surface area contributed by atoms with E-state index in [1.807, 2.05) is 6.07 Å². The first kappa shape index (κ1) is 14.7. The fourth-order valence-corrected chi connectivity index (χ4v) is 3.15. The summed E-state index contributed by atoms with van der Waals surface area (Å²) in [7, 11) is 0. The van der Waals surface area contributed by atoms with E-state index in [0.29, 0.717) is 17.3 Å². The maximum atomic E-state index is 9.74. The van der Waals surface area contributed by atoms with E-state index in [1.54, 1.807) is 12.1 Å². The summed E-state index contributed by atoms with van der Waals surface area (Å²) in [5, 5.41) is 13.9. The number of hydrogen-bond donors (Lipinski definition) is 2. The number of phenolic OH excluding ortho intramolecular Hbond substituents is 1. The first-order valence-electron chi connectivity index (χ1n) is 7.37. The molecule has 1 saturated carbocycles. The van der Waals surface area contributed by atoms with Gasteiger partial charge in [0.2, 0.25) is 0 Å². The predicted octanol–water partition coefficient (Wildman–Crippen LogP) is 4.35. The average molecular weight is 282 g/mol. The van der Waals surface area contributed by atoms with Gasteiger partial charge in [-0.2, -0.15) is 0 Å². The van der Waals surface area contributed by atoms with Crippen molar-refractivity contribution in [1.82, 2.24) is 5.32 Å². The van der Waals surface area contributed by atoms with Crippen LogP contribution in [0.5, 0.6) is 5.75 Å². The van der Waals surface area contributed by atoms with Crippen molar-refractivity contribution < 1.29 is 5.11 Å². The van der Waals surface area contributed by atoms with Crippen LogP contribution >= 0.6 is 11.6 Å². The number of aromatic hydroxyl groups is 1. The molecule has 1 aromatic rings. The van der Waals surface area contributed by atoms with E-state index in [-0.39, 0.29) is 0 Å². The molecule has 3 heteroatoms. The smallest absolute Gasteiger partial charge is 0.120 e. The van der Waals surface area contributed by atoms with Gasteiger partial charge in [0, 0.05) is 17.1 Å². The van der Waals surface area contributed by atoms with Crippen LogP contribution in [-0.4, -0.2) is 11.7 Å². The van der Waals surface area contributed by atoms with E-state index in [4.69, 9.17) is 11.6 Å². The Morgan fingerprint density at radius 2 is 1.89 bits per heavy atom. The molecule has 19 heavy (non-hydrogen) atoms. The zero-order valence-electron chi connectivity index (χ0n) is 11.7. The molecular weight excluding hydrogens is 258 g/mol. The molecule has 0 aromatic heterocycles. The van der Waals surface area contributed by atoms with E-state index in [0.717, 1.165) is 23.9 Å². The van der Waals surface area contributed by atoms with Crippen molar-refractivity contribution in [3.8, 4) is 5.75 Å². The Kier molecular flexibility index (Phi) is 5.53. The van der Waals surface area contributed by atoms with Gasteiger partial charge in [0.15, 0.2) is 0 Å². The largest absolute Gasteiger partial charge is 0.508 e. The SMILES string of the molecule is CCC1CCC(CNCc2cc(Cl)ccc2O)CC1. The van der Waals surface area contributed by atoms with Gasteiger partial charge in [-0.15, -0.1) is 0 Å². The van der Waals surface area contributed by atoms with Crippen LogP contribution in [0.1, 0.15) is 44.6 Å². The lowest BCUT2D eigenvalue weighted by atomic mass is 9.81. The van der Waals surface area contributed by atoms with E-state index in [9.17, 15) is 5.11 Å². The average Bonchev–Trinajstić information content (AvgIpc) is 2.43. The minimum Gasteiger partial charge on any atom is -0.508 e. The van der Waals surface area contributed by atoms with Crippen molar-refractivity contribution in [2.45, 2.75) is 45.6 Å². The third-order valence-corrected chi connectivity index (χ3v) is 4.57. The highest BCUT2D eigenvalue weighted by molar-refractivity contribution is 6.30. The second-order valence-electron chi connectivity index (χ2n) is 5.70. The molecule has 1 aliphatic rings. The molecule has 1 fully saturated rings. The maximum Gasteiger partial charge on any atom is 0.120 e. The molecule has 106 valence electrons. The first-order chi connectivity index (χ1) is 9.19. The first-order valence-corrected chi connectivity index (χ1v) is 7.75. The van der Waals surface area contributed by atoms with Gasteiger partial charge >= 0.3 is 0 Å². The summed E-state index contributed by atoms with van der Waals surface area (Å²) in [4.78, 5) is 0. The van der Waals surface area contributed by atoms with Crippen LogP contribution < -0.4 is 5.32 Å². The molecule has 2 nitrogen and oxygen atoms in total. The molecule has 0 spiro atoms. The van der Waals surface area contributed by atoms with E-state index >= 15 is 0 Å². The van der Waals surface area contributed by atoms with Crippen LogP contribution in [0.15, 0.2) is 18.2 Å². The Hall–Kier alpha value is -0.730. The zero-order chi connectivity index (χ0) is 13.7. The summed E-state index contributed by atoms with van der Waals surface area (Å²) in [5.74, 6) is 2.07. The van der Waals surface area contributed by atoms with Gasteiger partial charge in [-0.25, -0.2) is 0 Å². The number of nitrogens with one attached hydrogen (secondary N) is 1. The molecule has 0 bridgehead atoms. The summed E-state index contributed by atoms with van der Waals surface area (Å²) in [6, 6.07) is 5.20. The Bertz CT molecular complexity index is 400. The fraction of sp³-hybridized carbons (Fsp3) is 0.625. The van der Waals surface area contributed by atoms with Gasteiger partial charge in [0.1, 0.15) is 5.75 Å². The van der Waals surface area contributed by atoms with Crippen LogP contribution in [0.2, 0.25) is 5.02 Å². The van der Waals surface area contributed by atoms with Crippen LogP contribution in [0.25, 0.3) is 0 Å². The summed E-state index contributed by atoms with van der Waals surface area (Å²) < 4.78 is 0. The van der Waals surface area contributed by atoms with Crippen molar-refractivity contribution in [2.24, 2.45) is 11.8 Å². The van der Waals surface area contributed by atoms with Crippen molar-refractivity contribution in [3.05, 3.63) is 28.8 Å². The minimum absolute atomic E-state index is 0.326. The highest BCUT2D eigenvalue weighted by Crippen LogP contribution is 2.30. The van der Waals surface area contributed by atoms with E-state index in [1.165, 1.54) is 32.1 Å². The molecular formula is C16H24ClNO. The molecule has 0 radical (unpaired) electrons. The fourth-order valence-electron chi connectivity index (χ4n) is 2.95. The molecule has 0 atom stereocenters. The summed E-state index contributed by atoms with van der Waals surface area (Å²) in [6.45, 7) is 4.04. The summed E-state index contributed by atoms with van der Waals surface area (Å²) in [5.41, 5.74) is 0.884. The molecule has 0 aliphatic heterocycles. The highest BCUT2D eigenvalue weighted by Gasteiger charge is 2.19. The second-order valence-corrected chi connectivity index (χ2v) is 6.14. The molecule has 2 rings (SSSR count). The third-order valence-electron chi connectivity index (χ3n) is 4.33. The van der Waals surface area contributed by atoms with Gasteiger partial charge in [-0.05, 0) is 49.4 Å². The molecule has 2 N–H and O–H groups in total. The van der Waals surface area contributed by atoms with Gasteiger partial charge in [-0.3, -0.25) is 0 Å². The number of halogens is 1. The molecule has 0 saturated heterocycles. The van der Waals surface area contributed by atoms with Crippen molar-refractivity contribution in [2.75, 3.05) is 6.54 Å². The summed E-state index contributed by atoms with van der Waals surface area (Å²) >= 11 is 5.94. The van der Waals surface area contributed by atoms with Crippen molar-refractivity contribution in [1.29, 1.82) is 0 Å². The predicted molar refractivity (Wildman–Crippen MR) is 80.6 cm³/mol. The Morgan fingerprint density at radius 3 is 2.58 bits per heavy atom. The van der Waals surface area contributed by atoms with Gasteiger partial charge in [-0.1, -0.05) is 37.8 Å². The summed E-state index contributed by atoms with van der Waals surface area (Å²) in [6.07, 6.45) is 6.77. The lowest BCUT2D eigenvalue weighted by Crippen LogP contribution is -2.26. The minimum atomic E-state index is 0.326. The monoisotopic (exact) mass is 281 g/mol. The van der Waals surface area contributed by atoms with Crippen LogP contribution in [-0.2, 0) is 6.54 Å². The van der Waals surface area contributed by atoms with E-state index in [2.05, 4.69) is 12.2 Å². The van der Waals surface area contributed by atoms with Crippen LogP contribution in [0.3, 0.4) is 0 Å². The van der Waals surface area contributed by atoms with Crippen molar-refractivity contribution in [3.63, 3.8) is 0 Å². The topological polar surface area (TPSA) is 32.3 Å². The van der Waals surface area contributed by atoms with E-state index < -0.39 is 0 Å². The maximum absolute atomic E-state index is 9.74. The molecule has 1 aliphatic carbocycles. The number of phenols is 1. The Balaban J connectivity index is 1.73. The number of rotatable bonds is 5. The Morgan fingerprint density at radius 1 is 1.21 bits per heavy atom. The molecule has 0 heterocycles. The third kappa shape index (κ3) is 4.39. The standard InChI is InChI=1S/C16H24ClNO/c1-2-12-3-5-13(6-4-12)10-18-11-14-9-15(17)7-8-16(14)19/h7-9,12-13,18-19H,2-6,10-11H2,1H3. The second kappa shape index (κ2) is 7.16. The molecule has 1 aromatic carbocycles. The van der Waals surface area contributed by atoms with Gasteiger partial charge < -0.3 is 10.4 Å². The molecule has 0 amide bonds. The highest BCUT2D eigenvalue weighted by atomic mass is 35.5. The quantitative estimate of drug-likeness (QED) is 0.841. The molecule has 0 unspecified atom stereocenters. The lowest BCUT2D eigenvalue weighted by molar-refractivity contribution is 0.262. The van der Waals surface area contributed by atoms with Gasteiger partial charge in [0.05, 0.1) is 0 Å².